The van der Waals surface area contributed by atoms with E-state index in [2.05, 4.69) is 35.9 Å². The number of hydrogen-bond donors (Lipinski definition) is 2. The quantitative estimate of drug-likeness (QED) is 0.791. The average Bonchev–Trinajstić information content (AvgIpc) is 2.79. The summed E-state index contributed by atoms with van der Waals surface area (Å²) in [4.78, 5) is 8.73. The van der Waals surface area contributed by atoms with E-state index in [0.29, 0.717) is 22.1 Å². The third kappa shape index (κ3) is 4.47. The van der Waals surface area contributed by atoms with Gasteiger partial charge in [0.2, 0.25) is 0 Å². The second-order valence-electron chi connectivity index (χ2n) is 4.62. The first-order chi connectivity index (χ1) is 9.88. The Kier molecular flexibility index (Phi) is 5.31. The molecule has 6 nitrogen and oxygen atoms in total. The minimum Gasteiger partial charge on any atom is -0.310 e. The van der Waals surface area contributed by atoms with E-state index < -0.39 is 10.0 Å². The van der Waals surface area contributed by atoms with Gasteiger partial charge < -0.3 is 5.32 Å². The van der Waals surface area contributed by atoms with Crippen LogP contribution in [0, 0.1) is 0 Å². The van der Waals surface area contributed by atoms with Crippen LogP contribution < -0.4 is 10.0 Å². The standard InChI is InChI=1S/C12H15BrN4O2S2/c1-8(2)16-6-10-3-11(12(13)20-10)21(18,19)17-9-4-14-7-15-5-9/h3-5,7-8,16-17H,6H2,1-2H3. The van der Waals surface area contributed by atoms with Crippen molar-refractivity contribution in [3.8, 4) is 0 Å². The Morgan fingerprint density at radius 1 is 1.33 bits per heavy atom. The van der Waals surface area contributed by atoms with Crippen molar-refractivity contribution in [1.82, 2.24) is 15.3 Å². The lowest BCUT2D eigenvalue weighted by molar-refractivity contribution is 0.592. The molecule has 21 heavy (non-hydrogen) atoms. The number of nitrogens with one attached hydrogen (secondary N) is 2. The lowest BCUT2D eigenvalue weighted by Crippen LogP contribution is -2.21. The van der Waals surface area contributed by atoms with E-state index in [9.17, 15) is 8.42 Å². The van der Waals surface area contributed by atoms with Gasteiger partial charge in [0.25, 0.3) is 10.0 Å². The van der Waals surface area contributed by atoms with Crippen LogP contribution in [0.2, 0.25) is 0 Å². The molecule has 0 aliphatic heterocycles. The van der Waals surface area contributed by atoms with Gasteiger partial charge in [-0.1, -0.05) is 13.8 Å². The van der Waals surface area contributed by atoms with Crippen molar-refractivity contribution in [2.75, 3.05) is 4.72 Å². The molecule has 0 spiro atoms. The molecule has 2 aromatic heterocycles. The highest BCUT2D eigenvalue weighted by molar-refractivity contribution is 9.11. The summed E-state index contributed by atoms with van der Waals surface area (Å²) in [7, 11) is -3.66. The number of nitrogens with zero attached hydrogens (tertiary/aromatic N) is 2. The van der Waals surface area contributed by atoms with Crippen LogP contribution in [-0.2, 0) is 16.6 Å². The maximum atomic E-state index is 12.4. The van der Waals surface area contributed by atoms with Crippen LogP contribution in [0.15, 0.2) is 33.5 Å². The Morgan fingerprint density at radius 3 is 2.62 bits per heavy atom. The number of rotatable bonds is 6. The van der Waals surface area contributed by atoms with E-state index in [4.69, 9.17) is 0 Å². The van der Waals surface area contributed by atoms with Crippen LogP contribution in [0.3, 0.4) is 0 Å². The van der Waals surface area contributed by atoms with Crippen molar-refractivity contribution < 1.29 is 8.42 Å². The molecule has 0 bridgehead atoms. The monoisotopic (exact) mass is 390 g/mol. The van der Waals surface area contributed by atoms with E-state index in [1.807, 2.05) is 13.8 Å². The van der Waals surface area contributed by atoms with Gasteiger partial charge in [0.05, 0.1) is 21.9 Å². The highest BCUT2D eigenvalue weighted by atomic mass is 79.9. The normalized spacial score (nSPS) is 11.8. The number of sulfonamides is 1. The van der Waals surface area contributed by atoms with E-state index in [1.165, 1.54) is 30.1 Å². The van der Waals surface area contributed by atoms with Crippen LogP contribution in [0.25, 0.3) is 0 Å². The van der Waals surface area contributed by atoms with Crippen LogP contribution in [0.1, 0.15) is 18.7 Å². The summed E-state index contributed by atoms with van der Waals surface area (Å²) in [6, 6.07) is 2.00. The van der Waals surface area contributed by atoms with Gasteiger partial charge >= 0.3 is 0 Å². The molecule has 2 aromatic rings. The first kappa shape index (κ1) is 16.3. The molecule has 0 aliphatic carbocycles. The van der Waals surface area contributed by atoms with Crippen LogP contribution >= 0.6 is 27.3 Å². The minimum atomic E-state index is -3.66. The fraction of sp³-hybridized carbons (Fsp3) is 0.333. The van der Waals surface area contributed by atoms with Gasteiger partial charge in [0.1, 0.15) is 11.2 Å². The third-order valence-corrected chi connectivity index (χ3v) is 6.13. The predicted molar refractivity (Wildman–Crippen MR) is 86.8 cm³/mol. The molecule has 0 amide bonds. The molecule has 0 aliphatic rings. The molecule has 2 N–H and O–H groups in total. The lowest BCUT2D eigenvalue weighted by Gasteiger charge is -2.06. The number of aromatic nitrogens is 2. The zero-order chi connectivity index (χ0) is 15.5. The molecule has 0 unspecified atom stereocenters. The summed E-state index contributed by atoms with van der Waals surface area (Å²) in [6.07, 6.45) is 4.16. The molecule has 0 atom stereocenters. The maximum Gasteiger partial charge on any atom is 0.263 e. The Morgan fingerprint density at radius 2 is 2.00 bits per heavy atom. The average molecular weight is 391 g/mol. The van der Waals surface area contributed by atoms with Gasteiger partial charge in [-0.3, -0.25) is 4.72 Å². The maximum absolute atomic E-state index is 12.4. The molecule has 2 rings (SSSR count). The van der Waals surface area contributed by atoms with Gasteiger partial charge in [-0.25, -0.2) is 18.4 Å². The highest BCUT2D eigenvalue weighted by Crippen LogP contribution is 2.32. The second-order valence-corrected chi connectivity index (χ2v) is 8.72. The zero-order valence-electron chi connectivity index (χ0n) is 11.5. The van der Waals surface area contributed by atoms with E-state index in [1.54, 1.807) is 6.07 Å². The first-order valence-corrected chi connectivity index (χ1v) is 9.27. The fourth-order valence-corrected chi connectivity index (χ4v) is 5.20. The Hall–Kier alpha value is -1.03. The van der Waals surface area contributed by atoms with Gasteiger partial charge in [-0.05, 0) is 22.0 Å². The number of thiophene rings is 1. The first-order valence-electron chi connectivity index (χ1n) is 6.18. The van der Waals surface area contributed by atoms with E-state index in [0.717, 1.165) is 4.88 Å². The number of anilines is 1. The van der Waals surface area contributed by atoms with E-state index in [-0.39, 0.29) is 4.90 Å². The molecule has 9 heteroatoms. The van der Waals surface area contributed by atoms with Crippen LogP contribution in [0.4, 0.5) is 5.69 Å². The fourth-order valence-electron chi connectivity index (χ4n) is 1.53. The highest BCUT2D eigenvalue weighted by Gasteiger charge is 2.21. The largest absolute Gasteiger partial charge is 0.310 e. The van der Waals surface area contributed by atoms with Crippen LogP contribution in [-0.4, -0.2) is 24.4 Å². The summed E-state index contributed by atoms with van der Waals surface area (Å²) in [5, 5.41) is 3.26. The molecule has 0 radical (unpaired) electrons. The molecular formula is C12H15BrN4O2S2. The minimum absolute atomic E-state index is 0.219. The summed E-state index contributed by atoms with van der Waals surface area (Å²) in [6.45, 7) is 4.71. The van der Waals surface area contributed by atoms with Crippen molar-refractivity contribution in [2.45, 2.75) is 31.3 Å². The molecule has 0 aromatic carbocycles. The summed E-state index contributed by atoms with van der Waals surface area (Å²) in [5.41, 5.74) is 0.331. The molecular weight excluding hydrogens is 376 g/mol. The molecule has 0 saturated carbocycles. The lowest BCUT2D eigenvalue weighted by atomic mass is 10.4. The predicted octanol–water partition coefficient (Wildman–Crippen LogP) is 2.60. The van der Waals surface area contributed by atoms with Gasteiger partial charge in [-0.15, -0.1) is 11.3 Å². The third-order valence-electron chi connectivity index (χ3n) is 2.49. The Balaban J connectivity index is 2.20. The number of hydrogen-bond acceptors (Lipinski definition) is 6. The molecule has 0 saturated heterocycles. The molecule has 2 heterocycles. The summed E-state index contributed by atoms with van der Waals surface area (Å²) in [5.74, 6) is 0. The molecule has 0 fully saturated rings. The van der Waals surface area contributed by atoms with Crippen molar-refractivity contribution in [3.63, 3.8) is 0 Å². The second kappa shape index (κ2) is 6.82. The Bertz CT molecular complexity index is 701. The van der Waals surface area contributed by atoms with Crippen molar-refractivity contribution >= 4 is 43.0 Å². The van der Waals surface area contributed by atoms with Crippen molar-refractivity contribution in [1.29, 1.82) is 0 Å². The van der Waals surface area contributed by atoms with E-state index >= 15 is 0 Å². The van der Waals surface area contributed by atoms with Crippen molar-refractivity contribution in [2.24, 2.45) is 0 Å². The summed E-state index contributed by atoms with van der Waals surface area (Å²) < 4.78 is 27.8. The topological polar surface area (TPSA) is 84.0 Å². The van der Waals surface area contributed by atoms with Crippen molar-refractivity contribution in [3.05, 3.63) is 33.5 Å². The number of halogens is 1. The zero-order valence-corrected chi connectivity index (χ0v) is 14.7. The molecule has 114 valence electrons. The van der Waals surface area contributed by atoms with Gasteiger partial charge in [0, 0.05) is 17.5 Å². The van der Waals surface area contributed by atoms with Gasteiger partial charge in [-0.2, -0.15) is 0 Å². The smallest absolute Gasteiger partial charge is 0.263 e. The van der Waals surface area contributed by atoms with Gasteiger partial charge in [0.15, 0.2) is 0 Å². The summed E-state index contributed by atoms with van der Waals surface area (Å²) >= 11 is 4.71. The Labute approximate surface area is 136 Å². The van der Waals surface area contributed by atoms with Crippen LogP contribution in [0.5, 0.6) is 0 Å². The SMILES string of the molecule is CC(C)NCc1cc(S(=O)(=O)Nc2cncnc2)c(Br)s1.